The molecule has 1 saturated heterocycles. The summed E-state index contributed by atoms with van der Waals surface area (Å²) in [7, 11) is -3.59. The predicted molar refractivity (Wildman–Crippen MR) is 72.9 cm³/mol. The molecular weight excluding hydrogens is 278 g/mol. The number of carbonyl (C=O) groups is 1. The number of fused-ring (bicyclic) bond motifs is 1. The minimum atomic E-state index is -3.59. The topological polar surface area (TPSA) is 63.5 Å². The lowest BCUT2D eigenvalue weighted by Crippen LogP contribution is -2.21. The largest absolute Gasteiger partial charge is 0.462 e. The summed E-state index contributed by atoms with van der Waals surface area (Å²) in [5, 5.41) is 0. The summed E-state index contributed by atoms with van der Waals surface area (Å²) in [5.74, 6) is -0.585. The van der Waals surface area contributed by atoms with E-state index in [2.05, 4.69) is 0 Å². The second-order valence-electron chi connectivity index (χ2n) is 5.12. The van der Waals surface area contributed by atoms with E-state index in [1.54, 1.807) is 19.1 Å². The number of piperidine rings is 1. The first-order chi connectivity index (χ1) is 9.57. The summed E-state index contributed by atoms with van der Waals surface area (Å²) in [4.78, 5) is 12.0. The maximum Gasteiger partial charge on any atom is 0.339 e. The molecule has 3 atom stereocenters. The lowest BCUT2D eigenvalue weighted by Gasteiger charge is -2.12. The van der Waals surface area contributed by atoms with Crippen LogP contribution in [0.25, 0.3) is 0 Å². The maximum absolute atomic E-state index is 12.7. The highest BCUT2D eigenvalue weighted by molar-refractivity contribution is 7.89. The molecule has 1 aromatic carbocycles. The Kier molecular flexibility index (Phi) is 3.30. The van der Waals surface area contributed by atoms with Crippen LogP contribution in [0, 0.1) is 0 Å². The minimum absolute atomic E-state index is 0.0628. The summed E-state index contributed by atoms with van der Waals surface area (Å²) in [6.07, 6.45) is 2.93. The van der Waals surface area contributed by atoms with Crippen molar-refractivity contribution in [2.24, 2.45) is 0 Å². The van der Waals surface area contributed by atoms with Gasteiger partial charge in [0, 0.05) is 12.1 Å². The highest BCUT2D eigenvalue weighted by atomic mass is 32.2. The molecule has 3 rings (SSSR count). The fourth-order valence-corrected chi connectivity index (χ4v) is 5.08. The molecule has 0 amide bonds. The Balaban J connectivity index is 1.96. The summed E-state index contributed by atoms with van der Waals surface area (Å²) in [6.45, 7) is 1.92. The highest BCUT2D eigenvalue weighted by Gasteiger charge is 2.57. The third-order valence-corrected chi connectivity index (χ3v) is 5.95. The number of hydrogen-bond acceptors (Lipinski definition) is 4. The average Bonchev–Trinajstić information content (AvgIpc) is 2.95. The summed E-state index contributed by atoms with van der Waals surface area (Å²) >= 11 is 0. The van der Waals surface area contributed by atoms with Crippen molar-refractivity contribution in [1.82, 2.24) is 4.31 Å². The number of carbonyl (C=O) groups excluding carboxylic acids is 1. The van der Waals surface area contributed by atoms with Gasteiger partial charge in [0.05, 0.1) is 17.1 Å². The van der Waals surface area contributed by atoms with Crippen LogP contribution in [0.4, 0.5) is 0 Å². The van der Waals surface area contributed by atoms with Gasteiger partial charge in [-0.15, -0.1) is 0 Å². The Morgan fingerprint density at radius 3 is 2.60 bits per heavy atom. The molecular formula is C14H17NO4S. The Morgan fingerprint density at radius 2 is 1.95 bits per heavy atom. The molecule has 1 aliphatic heterocycles. The van der Waals surface area contributed by atoms with Crippen LogP contribution in [-0.2, 0) is 14.8 Å². The van der Waals surface area contributed by atoms with Crippen molar-refractivity contribution in [3.8, 4) is 0 Å². The molecule has 1 unspecified atom stereocenters. The van der Waals surface area contributed by atoms with Crippen molar-refractivity contribution in [3.05, 3.63) is 29.8 Å². The smallest absolute Gasteiger partial charge is 0.339 e. The molecule has 108 valence electrons. The van der Waals surface area contributed by atoms with E-state index in [0.717, 1.165) is 19.3 Å². The molecule has 0 aromatic heterocycles. The number of esters is 1. The van der Waals surface area contributed by atoms with Gasteiger partial charge in [-0.05, 0) is 31.9 Å². The summed E-state index contributed by atoms with van der Waals surface area (Å²) in [5.41, 5.74) is 0.124. The van der Waals surface area contributed by atoms with Gasteiger partial charge in [0.25, 0.3) is 0 Å². The van der Waals surface area contributed by atoms with Gasteiger partial charge >= 0.3 is 5.97 Å². The van der Waals surface area contributed by atoms with Crippen molar-refractivity contribution in [1.29, 1.82) is 0 Å². The molecule has 2 aliphatic rings. The Morgan fingerprint density at radius 1 is 1.30 bits per heavy atom. The molecule has 1 heterocycles. The first kappa shape index (κ1) is 13.6. The van der Waals surface area contributed by atoms with Crippen molar-refractivity contribution >= 4 is 16.0 Å². The maximum atomic E-state index is 12.7. The molecule has 1 aromatic rings. The van der Waals surface area contributed by atoms with Gasteiger partial charge in [0.15, 0.2) is 0 Å². The number of sulfonamides is 1. The van der Waals surface area contributed by atoms with Gasteiger partial charge in [-0.25, -0.2) is 13.2 Å². The lowest BCUT2D eigenvalue weighted by molar-refractivity contribution is 0.0521. The van der Waals surface area contributed by atoms with E-state index >= 15 is 0 Å². The van der Waals surface area contributed by atoms with Crippen LogP contribution in [0.5, 0.6) is 0 Å². The van der Waals surface area contributed by atoms with Crippen LogP contribution < -0.4 is 0 Å². The van der Waals surface area contributed by atoms with Gasteiger partial charge < -0.3 is 4.74 Å². The third-order valence-electron chi connectivity index (χ3n) is 3.95. The van der Waals surface area contributed by atoms with E-state index in [0.29, 0.717) is 0 Å². The molecule has 0 radical (unpaired) electrons. The molecule has 6 heteroatoms. The van der Waals surface area contributed by atoms with Gasteiger partial charge in [0.1, 0.15) is 0 Å². The SMILES string of the molecule is CCOC(=O)c1ccccc1S(=O)(=O)N1[C@@H]2CCC[C@@H]21. The average molecular weight is 295 g/mol. The van der Waals surface area contributed by atoms with E-state index in [-0.39, 0.29) is 29.1 Å². The van der Waals surface area contributed by atoms with Crippen molar-refractivity contribution < 1.29 is 17.9 Å². The van der Waals surface area contributed by atoms with Gasteiger partial charge in [0.2, 0.25) is 10.0 Å². The number of hydrogen-bond donors (Lipinski definition) is 0. The second-order valence-corrected chi connectivity index (χ2v) is 6.93. The zero-order valence-electron chi connectivity index (χ0n) is 11.3. The first-order valence-electron chi connectivity index (χ1n) is 6.87. The van der Waals surface area contributed by atoms with Gasteiger partial charge in [-0.2, -0.15) is 4.31 Å². The van der Waals surface area contributed by atoms with Crippen LogP contribution in [0.1, 0.15) is 36.5 Å². The van der Waals surface area contributed by atoms with Crippen LogP contribution in [0.2, 0.25) is 0 Å². The monoisotopic (exact) mass is 295 g/mol. The predicted octanol–water partition coefficient (Wildman–Crippen LogP) is 1.79. The number of ether oxygens (including phenoxy) is 1. The quantitative estimate of drug-likeness (QED) is 0.627. The normalized spacial score (nSPS) is 27.9. The molecule has 1 saturated carbocycles. The van der Waals surface area contributed by atoms with E-state index in [4.69, 9.17) is 4.74 Å². The van der Waals surface area contributed by atoms with Crippen LogP contribution in [-0.4, -0.2) is 37.4 Å². The molecule has 0 bridgehead atoms. The fourth-order valence-electron chi connectivity index (χ4n) is 3.02. The fraction of sp³-hybridized carbons (Fsp3) is 0.500. The van der Waals surface area contributed by atoms with Crippen LogP contribution in [0.15, 0.2) is 29.2 Å². The molecule has 2 fully saturated rings. The van der Waals surface area contributed by atoms with E-state index in [9.17, 15) is 13.2 Å². The number of benzene rings is 1. The van der Waals surface area contributed by atoms with E-state index in [1.165, 1.54) is 16.4 Å². The van der Waals surface area contributed by atoms with E-state index < -0.39 is 16.0 Å². The minimum Gasteiger partial charge on any atom is -0.462 e. The highest BCUT2D eigenvalue weighted by Crippen LogP contribution is 2.46. The molecule has 5 nitrogen and oxygen atoms in total. The number of rotatable bonds is 4. The van der Waals surface area contributed by atoms with Crippen LogP contribution >= 0.6 is 0 Å². The Labute approximate surface area is 118 Å². The standard InChI is InChI=1S/C14H17NO4S/c1-2-19-14(16)10-6-3-4-9-13(10)20(17,18)15-11-7-5-8-12(11)15/h3-4,6,9,11-12H,2,5,7-8H2,1H3/t11-,12+,15?. The molecule has 20 heavy (non-hydrogen) atoms. The van der Waals surface area contributed by atoms with Gasteiger partial charge in [-0.3, -0.25) is 0 Å². The molecule has 1 aliphatic carbocycles. The third kappa shape index (κ3) is 2.03. The van der Waals surface area contributed by atoms with Crippen molar-refractivity contribution in [2.45, 2.75) is 43.2 Å². The van der Waals surface area contributed by atoms with E-state index in [1.807, 2.05) is 0 Å². The summed E-state index contributed by atoms with van der Waals surface area (Å²) in [6, 6.07) is 6.54. The lowest BCUT2D eigenvalue weighted by atomic mass is 10.2. The zero-order chi connectivity index (χ0) is 14.3. The Hall–Kier alpha value is -1.40. The summed E-state index contributed by atoms with van der Waals surface area (Å²) < 4.78 is 31.8. The number of nitrogens with zero attached hydrogens (tertiary/aromatic N) is 1. The second kappa shape index (κ2) is 4.86. The van der Waals surface area contributed by atoms with Gasteiger partial charge in [-0.1, -0.05) is 18.6 Å². The molecule has 0 N–H and O–H groups in total. The first-order valence-corrected chi connectivity index (χ1v) is 8.31. The van der Waals surface area contributed by atoms with Crippen molar-refractivity contribution in [2.75, 3.05) is 6.61 Å². The van der Waals surface area contributed by atoms with Crippen molar-refractivity contribution in [3.63, 3.8) is 0 Å². The Bertz CT molecular complexity index is 630. The molecule has 0 spiro atoms. The van der Waals surface area contributed by atoms with Crippen LogP contribution in [0.3, 0.4) is 0 Å². The zero-order valence-corrected chi connectivity index (χ0v) is 12.1.